The average Bonchev–Trinajstić information content (AvgIpc) is 2.27. The van der Waals surface area contributed by atoms with Crippen molar-refractivity contribution < 1.29 is 22.7 Å². The van der Waals surface area contributed by atoms with Gasteiger partial charge in [-0.2, -0.15) is 0 Å². The number of hydrogen-bond acceptors (Lipinski definition) is 5. The van der Waals surface area contributed by atoms with E-state index in [0.29, 0.717) is 0 Å². The number of primary amides is 1. The topological polar surface area (TPSA) is 104 Å². The molecule has 0 heterocycles. The molecule has 1 atom stereocenters. The highest BCUT2D eigenvalue weighted by atomic mass is 35.5. The van der Waals surface area contributed by atoms with Crippen molar-refractivity contribution >= 4 is 33.3 Å². The van der Waals surface area contributed by atoms with E-state index in [2.05, 4.69) is 0 Å². The van der Waals surface area contributed by atoms with Crippen molar-refractivity contribution in [2.45, 2.75) is 17.9 Å². The molecule has 8 heteroatoms. The Labute approximate surface area is 115 Å². The first kappa shape index (κ1) is 15.5. The Bertz CT molecular complexity index is 626. The lowest BCUT2D eigenvalue weighted by molar-refractivity contribution is -0.125. The number of halogens is 1. The molecule has 0 bridgehead atoms. The van der Waals surface area contributed by atoms with Crippen LogP contribution < -0.4 is 5.73 Å². The van der Waals surface area contributed by atoms with Crippen LogP contribution in [-0.2, 0) is 19.4 Å². The number of esters is 1. The molecule has 0 radical (unpaired) electrons. The highest BCUT2D eigenvalue weighted by Crippen LogP contribution is 2.21. The number of hydrogen-bond donors (Lipinski definition) is 1. The normalized spacial score (nSPS) is 12.8. The maximum atomic E-state index is 11.8. The summed E-state index contributed by atoms with van der Waals surface area (Å²) >= 11 is 5.79. The minimum absolute atomic E-state index is 0.0223. The van der Waals surface area contributed by atoms with Gasteiger partial charge in [-0.1, -0.05) is 11.6 Å². The van der Waals surface area contributed by atoms with Crippen LogP contribution in [0, 0.1) is 0 Å². The van der Waals surface area contributed by atoms with Crippen LogP contribution in [-0.4, -0.2) is 32.7 Å². The predicted molar refractivity (Wildman–Crippen MR) is 68.6 cm³/mol. The summed E-state index contributed by atoms with van der Waals surface area (Å²) in [6, 6.07) is 3.63. The monoisotopic (exact) mass is 305 g/mol. The van der Waals surface area contributed by atoms with Crippen LogP contribution >= 0.6 is 11.6 Å². The summed E-state index contributed by atoms with van der Waals surface area (Å²) in [5.74, 6) is -1.73. The zero-order valence-electron chi connectivity index (χ0n) is 10.2. The lowest BCUT2D eigenvalue weighted by atomic mass is 10.2. The highest BCUT2D eigenvalue weighted by Gasteiger charge is 2.20. The van der Waals surface area contributed by atoms with Gasteiger partial charge < -0.3 is 10.5 Å². The zero-order valence-corrected chi connectivity index (χ0v) is 11.8. The molecule has 0 aliphatic carbocycles. The minimum Gasteiger partial charge on any atom is -0.449 e. The number of carbonyl (C=O) groups is 2. The second-order valence-corrected chi connectivity index (χ2v) is 6.29. The first-order valence-electron chi connectivity index (χ1n) is 5.13. The van der Waals surface area contributed by atoms with Gasteiger partial charge in [0.15, 0.2) is 15.9 Å². The quantitative estimate of drug-likeness (QED) is 0.828. The summed E-state index contributed by atoms with van der Waals surface area (Å²) in [6.45, 7) is 1.30. The number of nitrogens with two attached hydrogens (primary N) is 1. The van der Waals surface area contributed by atoms with E-state index in [1.165, 1.54) is 19.1 Å². The molecule has 0 fully saturated rings. The summed E-state index contributed by atoms with van der Waals surface area (Å²) in [6.07, 6.45) is -0.136. The largest absolute Gasteiger partial charge is 0.449 e. The fraction of sp³-hybridized carbons (Fsp3) is 0.273. The van der Waals surface area contributed by atoms with Crippen LogP contribution in [0.5, 0.6) is 0 Å². The molecule has 0 aromatic heterocycles. The van der Waals surface area contributed by atoms with E-state index < -0.39 is 27.8 Å². The van der Waals surface area contributed by atoms with E-state index in [-0.39, 0.29) is 15.5 Å². The smallest absolute Gasteiger partial charge is 0.340 e. The van der Waals surface area contributed by atoms with Crippen LogP contribution in [0.1, 0.15) is 17.3 Å². The first-order chi connectivity index (χ1) is 8.62. The maximum Gasteiger partial charge on any atom is 0.340 e. The molecule has 2 N–H and O–H groups in total. The van der Waals surface area contributed by atoms with Crippen molar-refractivity contribution in [1.29, 1.82) is 0 Å². The number of rotatable bonds is 4. The first-order valence-corrected chi connectivity index (χ1v) is 7.39. The number of ether oxygens (including phenoxy) is 1. The fourth-order valence-electron chi connectivity index (χ4n) is 1.17. The van der Waals surface area contributed by atoms with Crippen LogP contribution in [0.3, 0.4) is 0 Å². The van der Waals surface area contributed by atoms with Gasteiger partial charge in [0.1, 0.15) is 0 Å². The molecule has 0 aliphatic heterocycles. The Morgan fingerprint density at radius 2 is 1.95 bits per heavy atom. The van der Waals surface area contributed by atoms with Crippen molar-refractivity contribution in [3.8, 4) is 0 Å². The molecule has 1 aromatic carbocycles. The highest BCUT2D eigenvalue weighted by molar-refractivity contribution is 7.90. The van der Waals surface area contributed by atoms with Crippen LogP contribution in [0.25, 0.3) is 0 Å². The summed E-state index contributed by atoms with van der Waals surface area (Å²) in [5, 5.41) is 0.0223. The van der Waals surface area contributed by atoms with Gasteiger partial charge in [-0.15, -0.1) is 0 Å². The van der Waals surface area contributed by atoms with Gasteiger partial charge >= 0.3 is 5.97 Å². The van der Waals surface area contributed by atoms with Gasteiger partial charge in [0.25, 0.3) is 5.91 Å². The molecule has 19 heavy (non-hydrogen) atoms. The van der Waals surface area contributed by atoms with E-state index in [9.17, 15) is 18.0 Å². The van der Waals surface area contributed by atoms with Crippen LogP contribution in [0.2, 0.25) is 5.02 Å². The molecule has 1 aromatic rings. The third-order valence-electron chi connectivity index (χ3n) is 2.27. The van der Waals surface area contributed by atoms with Crippen molar-refractivity contribution in [1.82, 2.24) is 0 Å². The Morgan fingerprint density at radius 1 is 1.37 bits per heavy atom. The van der Waals surface area contributed by atoms with Crippen molar-refractivity contribution in [3.05, 3.63) is 28.8 Å². The van der Waals surface area contributed by atoms with Gasteiger partial charge in [0.2, 0.25) is 0 Å². The summed E-state index contributed by atoms with van der Waals surface area (Å²) < 4.78 is 27.5. The van der Waals surface area contributed by atoms with Crippen LogP contribution in [0.15, 0.2) is 23.1 Å². The van der Waals surface area contributed by atoms with Gasteiger partial charge in [-0.25, -0.2) is 13.2 Å². The molecule has 0 saturated heterocycles. The second-order valence-electron chi connectivity index (χ2n) is 3.86. The Kier molecular flexibility index (Phi) is 4.54. The molecular weight excluding hydrogens is 294 g/mol. The summed E-state index contributed by atoms with van der Waals surface area (Å²) in [4.78, 5) is 22.5. The average molecular weight is 306 g/mol. The Morgan fingerprint density at radius 3 is 2.42 bits per heavy atom. The molecular formula is C11H12ClNO5S. The number of benzene rings is 1. The number of sulfone groups is 1. The lowest BCUT2D eigenvalue weighted by Gasteiger charge is -2.11. The molecule has 1 amide bonds. The third kappa shape index (κ3) is 3.93. The molecule has 104 valence electrons. The Hall–Kier alpha value is -1.60. The number of amides is 1. The zero-order chi connectivity index (χ0) is 14.8. The van der Waals surface area contributed by atoms with Crippen molar-refractivity contribution in [2.24, 2.45) is 5.73 Å². The Balaban J connectivity index is 3.13. The third-order valence-corrected chi connectivity index (χ3v) is 3.71. The molecule has 0 spiro atoms. The molecule has 0 saturated carbocycles. The van der Waals surface area contributed by atoms with Gasteiger partial charge in [-0.3, -0.25) is 4.79 Å². The van der Waals surface area contributed by atoms with E-state index in [1.807, 2.05) is 0 Å². The van der Waals surface area contributed by atoms with Crippen LogP contribution in [0.4, 0.5) is 0 Å². The lowest BCUT2D eigenvalue weighted by Crippen LogP contribution is -2.30. The summed E-state index contributed by atoms with van der Waals surface area (Å²) in [5.41, 5.74) is 4.81. The molecule has 1 rings (SSSR count). The predicted octanol–water partition coefficient (Wildman–Crippen LogP) is 0.774. The van der Waals surface area contributed by atoms with E-state index in [4.69, 9.17) is 22.1 Å². The van der Waals surface area contributed by atoms with Gasteiger partial charge in [0, 0.05) is 6.26 Å². The SMILES string of the molecule is C[C@@H](OC(=O)c1cc(S(C)(=O)=O)ccc1Cl)C(N)=O. The second kappa shape index (κ2) is 5.58. The van der Waals surface area contributed by atoms with Crippen molar-refractivity contribution in [3.63, 3.8) is 0 Å². The number of carbonyl (C=O) groups excluding carboxylic acids is 2. The standard InChI is InChI=1S/C11H12ClNO5S/c1-6(10(13)14)18-11(15)8-5-7(19(2,16)17)3-4-9(8)12/h3-6H,1-2H3,(H2,13,14)/t6-/m1/s1. The molecule has 0 aliphatic rings. The van der Waals surface area contributed by atoms with E-state index >= 15 is 0 Å². The van der Waals surface area contributed by atoms with Gasteiger partial charge in [0.05, 0.1) is 15.5 Å². The minimum atomic E-state index is -3.48. The van der Waals surface area contributed by atoms with Crippen molar-refractivity contribution in [2.75, 3.05) is 6.26 Å². The fourth-order valence-corrected chi connectivity index (χ4v) is 2.02. The van der Waals surface area contributed by atoms with E-state index in [1.54, 1.807) is 0 Å². The molecule has 6 nitrogen and oxygen atoms in total. The summed E-state index contributed by atoms with van der Waals surface area (Å²) in [7, 11) is -3.48. The molecule has 0 unspecified atom stereocenters. The maximum absolute atomic E-state index is 11.8. The van der Waals surface area contributed by atoms with E-state index in [0.717, 1.165) is 12.3 Å². The van der Waals surface area contributed by atoms with Gasteiger partial charge in [-0.05, 0) is 25.1 Å².